The van der Waals surface area contributed by atoms with E-state index in [-0.39, 0.29) is 17.9 Å². The number of hydrogen-bond acceptors (Lipinski definition) is 4. The number of nitrogens with one attached hydrogen (secondary N) is 1. The van der Waals surface area contributed by atoms with Gasteiger partial charge in [0.2, 0.25) is 5.91 Å². The fourth-order valence-electron chi connectivity index (χ4n) is 2.85. The Balaban J connectivity index is 2.05. The zero-order chi connectivity index (χ0) is 19.3. The predicted octanol–water partition coefficient (Wildman–Crippen LogP) is 3.12. The largest absolute Gasteiger partial charge is 0.493 e. The highest BCUT2D eigenvalue weighted by atomic mass is 35.5. The lowest BCUT2D eigenvalue weighted by Gasteiger charge is -2.31. The highest BCUT2D eigenvalue weighted by Gasteiger charge is 2.23. The highest BCUT2D eigenvalue weighted by Crippen LogP contribution is 2.36. The highest BCUT2D eigenvalue weighted by molar-refractivity contribution is 6.32. The summed E-state index contributed by atoms with van der Waals surface area (Å²) in [6.07, 6.45) is 1.48. The van der Waals surface area contributed by atoms with Crippen LogP contribution in [-0.4, -0.2) is 49.6 Å². The maximum absolute atomic E-state index is 12.6. The van der Waals surface area contributed by atoms with E-state index < -0.39 is 0 Å². The van der Waals surface area contributed by atoms with Crippen molar-refractivity contribution < 1.29 is 19.1 Å². The third-order valence-electron chi connectivity index (χ3n) is 4.33. The Morgan fingerprint density at radius 3 is 2.50 bits per heavy atom. The molecular formula is C19H27ClN2O4. The van der Waals surface area contributed by atoms with Crippen molar-refractivity contribution in [2.45, 2.75) is 39.7 Å². The lowest BCUT2D eigenvalue weighted by Crippen LogP contribution is -2.46. The summed E-state index contributed by atoms with van der Waals surface area (Å²) < 4.78 is 11.1. The topological polar surface area (TPSA) is 67.9 Å². The molecule has 1 fully saturated rings. The molecule has 2 rings (SSSR count). The Hall–Kier alpha value is -1.95. The van der Waals surface area contributed by atoms with Gasteiger partial charge in [0.25, 0.3) is 5.91 Å². The van der Waals surface area contributed by atoms with Crippen molar-refractivity contribution in [2.75, 3.05) is 26.8 Å². The van der Waals surface area contributed by atoms with E-state index in [0.717, 1.165) is 12.8 Å². The summed E-state index contributed by atoms with van der Waals surface area (Å²) in [5.74, 6) is 1.11. The van der Waals surface area contributed by atoms with Crippen molar-refractivity contribution >= 4 is 23.4 Å². The van der Waals surface area contributed by atoms with Crippen LogP contribution in [0.15, 0.2) is 12.1 Å². The van der Waals surface area contributed by atoms with E-state index in [1.165, 1.54) is 7.11 Å². The molecule has 0 aromatic heterocycles. The van der Waals surface area contributed by atoms with Gasteiger partial charge in [0, 0.05) is 31.6 Å². The number of carbonyl (C=O) groups is 2. The van der Waals surface area contributed by atoms with Crippen LogP contribution < -0.4 is 14.8 Å². The van der Waals surface area contributed by atoms with Crippen LogP contribution in [0.5, 0.6) is 11.5 Å². The molecule has 0 radical (unpaired) electrons. The molecule has 0 atom stereocenters. The summed E-state index contributed by atoms with van der Waals surface area (Å²) in [6, 6.07) is 3.28. The molecule has 0 saturated carbocycles. The summed E-state index contributed by atoms with van der Waals surface area (Å²) in [5, 5.41) is 3.36. The summed E-state index contributed by atoms with van der Waals surface area (Å²) in [4.78, 5) is 25.8. The maximum Gasteiger partial charge on any atom is 0.251 e. The number of likely N-dealkylation sites (tertiary alicyclic amines) is 1. The minimum Gasteiger partial charge on any atom is -0.493 e. The number of amides is 2. The first-order chi connectivity index (χ1) is 12.3. The number of halogens is 1. The number of methoxy groups -OCH3 is 1. The lowest BCUT2D eigenvalue weighted by molar-refractivity contribution is -0.129. The average Bonchev–Trinajstić information content (AvgIpc) is 2.60. The minimum atomic E-state index is -0.207. The van der Waals surface area contributed by atoms with Crippen LogP contribution >= 0.6 is 11.6 Å². The van der Waals surface area contributed by atoms with Crippen LogP contribution in [0.4, 0.5) is 0 Å². The Bertz CT molecular complexity index is 655. The standard InChI is InChI=1S/C19H27ClN2O4/c1-12(2)11-26-18-16(20)9-14(10-17(18)25-4)19(24)21-15-5-7-22(8-6-15)13(3)23/h9-10,12,15H,5-8,11H2,1-4H3,(H,21,24). The molecule has 7 heteroatoms. The van der Waals surface area contributed by atoms with E-state index >= 15 is 0 Å². The molecule has 1 aromatic carbocycles. The SMILES string of the molecule is COc1cc(C(=O)NC2CCN(C(C)=O)CC2)cc(Cl)c1OCC(C)C. The Labute approximate surface area is 159 Å². The van der Waals surface area contributed by atoms with E-state index in [1.807, 2.05) is 13.8 Å². The van der Waals surface area contributed by atoms with Gasteiger partial charge >= 0.3 is 0 Å². The van der Waals surface area contributed by atoms with E-state index in [2.05, 4.69) is 5.32 Å². The molecule has 0 spiro atoms. The summed E-state index contributed by atoms with van der Waals surface area (Å²) in [7, 11) is 1.52. The molecule has 1 aliphatic heterocycles. The average molecular weight is 383 g/mol. The second-order valence-corrected chi connectivity index (χ2v) is 7.36. The van der Waals surface area contributed by atoms with Crippen LogP contribution in [0, 0.1) is 5.92 Å². The second kappa shape index (κ2) is 9.12. The lowest BCUT2D eigenvalue weighted by atomic mass is 10.0. The van der Waals surface area contributed by atoms with Crippen molar-refractivity contribution in [1.82, 2.24) is 10.2 Å². The molecule has 1 N–H and O–H groups in total. The molecule has 144 valence electrons. The van der Waals surface area contributed by atoms with E-state index in [4.69, 9.17) is 21.1 Å². The van der Waals surface area contributed by atoms with Gasteiger partial charge in [-0.2, -0.15) is 0 Å². The van der Waals surface area contributed by atoms with Crippen LogP contribution in [0.3, 0.4) is 0 Å². The summed E-state index contributed by atoms with van der Waals surface area (Å²) in [5.41, 5.74) is 0.428. The van der Waals surface area contributed by atoms with Gasteiger partial charge in [-0.3, -0.25) is 9.59 Å². The quantitative estimate of drug-likeness (QED) is 0.820. The number of hydrogen-bond donors (Lipinski definition) is 1. The first-order valence-electron chi connectivity index (χ1n) is 8.88. The maximum atomic E-state index is 12.6. The van der Waals surface area contributed by atoms with Crippen LogP contribution in [-0.2, 0) is 4.79 Å². The number of benzene rings is 1. The molecule has 26 heavy (non-hydrogen) atoms. The zero-order valence-corrected chi connectivity index (χ0v) is 16.6. The molecule has 1 saturated heterocycles. The number of piperidine rings is 1. The van der Waals surface area contributed by atoms with Gasteiger partial charge in [-0.15, -0.1) is 0 Å². The monoisotopic (exact) mass is 382 g/mol. The Morgan fingerprint density at radius 1 is 1.31 bits per heavy atom. The van der Waals surface area contributed by atoms with Crippen molar-refractivity contribution in [1.29, 1.82) is 0 Å². The molecule has 0 bridgehead atoms. The molecule has 0 aliphatic carbocycles. The van der Waals surface area contributed by atoms with Crippen molar-refractivity contribution in [3.63, 3.8) is 0 Å². The smallest absolute Gasteiger partial charge is 0.251 e. The third-order valence-corrected chi connectivity index (χ3v) is 4.61. The first-order valence-corrected chi connectivity index (χ1v) is 9.26. The fraction of sp³-hybridized carbons (Fsp3) is 0.579. The molecule has 1 aliphatic rings. The van der Waals surface area contributed by atoms with Gasteiger partial charge in [-0.05, 0) is 30.9 Å². The zero-order valence-electron chi connectivity index (χ0n) is 15.8. The van der Waals surface area contributed by atoms with E-state index in [1.54, 1.807) is 24.0 Å². The number of ether oxygens (including phenoxy) is 2. The van der Waals surface area contributed by atoms with Gasteiger partial charge in [-0.25, -0.2) is 0 Å². The minimum absolute atomic E-state index is 0.0414. The predicted molar refractivity (Wildman–Crippen MR) is 101 cm³/mol. The molecule has 0 unspecified atom stereocenters. The van der Waals surface area contributed by atoms with Crippen molar-refractivity contribution in [3.8, 4) is 11.5 Å². The Morgan fingerprint density at radius 2 is 1.96 bits per heavy atom. The molecular weight excluding hydrogens is 356 g/mol. The molecule has 2 amide bonds. The van der Waals surface area contributed by atoms with Crippen molar-refractivity contribution in [3.05, 3.63) is 22.7 Å². The summed E-state index contributed by atoms with van der Waals surface area (Å²) in [6.45, 7) is 7.48. The number of nitrogens with zero attached hydrogens (tertiary/aromatic N) is 1. The van der Waals surface area contributed by atoms with Crippen LogP contribution in [0.1, 0.15) is 44.0 Å². The number of rotatable bonds is 6. The molecule has 6 nitrogen and oxygen atoms in total. The second-order valence-electron chi connectivity index (χ2n) is 6.95. The van der Waals surface area contributed by atoms with Gasteiger partial charge in [0.05, 0.1) is 18.7 Å². The van der Waals surface area contributed by atoms with Crippen LogP contribution in [0.25, 0.3) is 0 Å². The van der Waals surface area contributed by atoms with Crippen LogP contribution in [0.2, 0.25) is 5.02 Å². The first kappa shape index (κ1) is 20.4. The third kappa shape index (κ3) is 5.27. The van der Waals surface area contributed by atoms with Gasteiger partial charge in [0.15, 0.2) is 11.5 Å². The molecule has 1 aromatic rings. The van der Waals surface area contributed by atoms with Gasteiger partial charge in [0.1, 0.15) is 0 Å². The van der Waals surface area contributed by atoms with Gasteiger partial charge < -0.3 is 19.7 Å². The normalized spacial score (nSPS) is 15.1. The van der Waals surface area contributed by atoms with Gasteiger partial charge in [-0.1, -0.05) is 25.4 Å². The molecule has 1 heterocycles. The number of carbonyl (C=O) groups excluding carboxylic acids is 2. The van der Waals surface area contributed by atoms with E-state index in [0.29, 0.717) is 47.7 Å². The Kier molecular flexibility index (Phi) is 7.14. The summed E-state index contributed by atoms with van der Waals surface area (Å²) >= 11 is 6.31. The fourth-order valence-corrected chi connectivity index (χ4v) is 3.11. The van der Waals surface area contributed by atoms with E-state index in [9.17, 15) is 9.59 Å². The van der Waals surface area contributed by atoms with Crippen molar-refractivity contribution in [2.24, 2.45) is 5.92 Å².